The Bertz CT molecular complexity index is 974. The molecule has 2 aliphatic heterocycles. The number of carbonyl (C=O) groups is 1. The van der Waals surface area contributed by atoms with Gasteiger partial charge in [-0.1, -0.05) is 37.3 Å². The molecule has 5 rings (SSSR count). The van der Waals surface area contributed by atoms with Gasteiger partial charge in [-0.05, 0) is 37.1 Å². The molecule has 1 aliphatic carbocycles. The number of fused-ring (bicyclic) bond motifs is 5. The summed E-state index contributed by atoms with van der Waals surface area (Å²) in [6.07, 6.45) is 9.83. The van der Waals surface area contributed by atoms with Gasteiger partial charge in [0.2, 0.25) is 0 Å². The maximum Gasteiger partial charge on any atom is 0.251 e. The Labute approximate surface area is 200 Å². The smallest absolute Gasteiger partial charge is 0.251 e. The zero-order valence-electron chi connectivity index (χ0n) is 19.9. The first-order chi connectivity index (χ1) is 16.7. The van der Waals surface area contributed by atoms with E-state index in [1.165, 1.54) is 38.5 Å². The van der Waals surface area contributed by atoms with Crippen LogP contribution in [0.2, 0.25) is 0 Å². The van der Waals surface area contributed by atoms with Crippen molar-refractivity contribution in [3.63, 3.8) is 0 Å². The maximum absolute atomic E-state index is 13.2. The molecule has 1 saturated heterocycles. The van der Waals surface area contributed by atoms with Gasteiger partial charge in [0.25, 0.3) is 5.91 Å². The van der Waals surface area contributed by atoms with Crippen LogP contribution in [0.3, 0.4) is 0 Å². The van der Waals surface area contributed by atoms with Crippen molar-refractivity contribution in [1.82, 2.24) is 25.2 Å². The topological polar surface area (TPSA) is 90.7 Å². The quantitative estimate of drug-likeness (QED) is 0.736. The van der Waals surface area contributed by atoms with Gasteiger partial charge in [-0.25, -0.2) is 4.68 Å². The normalized spacial score (nSPS) is 24.4. The number of carbonyl (C=O) groups excluding carboxylic acids is 1. The minimum atomic E-state index is -0.126. The third-order valence-electron chi connectivity index (χ3n) is 7.27. The standard InChI is InChI=1S/C25H35N5O4/c1-32-22-8-7-19-13-23(22)33-12-11-30-14-20(27-28-30)17-34-24-16-29(15-21(24)26-25(19)31)10-9-18-5-3-2-4-6-18/h7-8,13-14,18,21,24H,2-6,9-12,15-17H2,1H3,(H,26,31)/t21-,24-/m0/s1. The van der Waals surface area contributed by atoms with E-state index in [0.29, 0.717) is 36.8 Å². The Morgan fingerprint density at radius 3 is 2.94 bits per heavy atom. The summed E-state index contributed by atoms with van der Waals surface area (Å²) in [7, 11) is 1.59. The number of hydrogen-bond donors (Lipinski definition) is 1. The van der Waals surface area contributed by atoms with Crippen LogP contribution in [0.5, 0.6) is 11.5 Å². The molecule has 2 fully saturated rings. The minimum Gasteiger partial charge on any atom is -0.493 e. The molecular formula is C25H35N5O4. The second-order valence-corrected chi connectivity index (χ2v) is 9.67. The first-order valence-corrected chi connectivity index (χ1v) is 12.5. The molecule has 9 nitrogen and oxygen atoms in total. The van der Waals surface area contributed by atoms with Gasteiger partial charge >= 0.3 is 0 Å². The van der Waals surface area contributed by atoms with E-state index >= 15 is 0 Å². The van der Waals surface area contributed by atoms with Crippen LogP contribution in [0.1, 0.15) is 54.6 Å². The molecule has 3 aliphatic rings. The number of methoxy groups -OCH3 is 1. The Balaban J connectivity index is 1.32. The van der Waals surface area contributed by atoms with Crippen molar-refractivity contribution in [3.05, 3.63) is 35.7 Å². The van der Waals surface area contributed by atoms with E-state index in [0.717, 1.165) is 31.2 Å². The van der Waals surface area contributed by atoms with Gasteiger partial charge in [-0.2, -0.15) is 0 Å². The minimum absolute atomic E-state index is 0.0921. The Hall–Kier alpha value is -2.65. The van der Waals surface area contributed by atoms with Crippen molar-refractivity contribution < 1.29 is 19.0 Å². The van der Waals surface area contributed by atoms with Crippen LogP contribution in [0, 0.1) is 5.92 Å². The van der Waals surface area contributed by atoms with Gasteiger partial charge in [0.05, 0.1) is 38.6 Å². The summed E-state index contributed by atoms with van der Waals surface area (Å²) in [5.74, 6) is 1.84. The zero-order chi connectivity index (χ0) is 23.3. The molecule has 34 heavy (non-hydrogen) atoms. The van der Waals surface area contributed by atoms with Gasteiger partial charge in [-0.3, -0.25) is 9.69 Å². The lowest BCUT2D eigenvalue weighted by Gasteiger charge is -2.24. The third-order valence-corrected chi connectivity index (χ3v) is 7.27. The summed E-state index contributed by atoms with van der Waals surface area (Å²) < 4.78 is 19.4. The van der Waals surface area contributed by atoms with E-state index in [1.807, 2.05) is 6.20 Å². The highest BCUT2D eigenvalue weighted by molar-refractivity contribution is 5.95. The summed E-state index contributed by atoms with van der Waals surface area (Å²) in [6, 6.07) is 5.19. The van der Waals surface area contributed by atoms with Crippen LogP contribution < -0.4 is 14.8 Å². The van der Waals surface area contributed by atoms with Gasteiger partial charge in [0.1, 0.15) is 12.3 Å². The van der Waals surface area contributed by atoms with E-state index in [1.54, 1.807) is 30.0 Å². The monoisotopic (exact) mass is 469 g/mol. The number of benzene rings is 1. The van der Waals surface area contributed by atoms with Crippen LogP contribution in [0.25, 0.3) is 0 Å². The van der Waals surface area contributed by atoms with Gasteiger partial charge < -0.3 is 19.5 Å². The van der Waals surface area contributed by atoms with Crippen LogP contribution in [0.4, 0.5) is 0 Å². The van der Waals surface area contributed by atoms with Gasteiger partial charge in [0, 0.05) is 18.7 Å². The van der Waals surface area contributed by atoms with Gasteiger partial charge in [-0.15, -0.1) is 5.10 Å². The Morgan fingerprint density at radius 2 is 2.09 bits per heavy atom. The first kappa shape index (κ1) is 23.1. The molecule has 1 amide bonds. The van der Waals surface area contributed by atoms with Crippen LogP contribution in [-0.4, -0.2) is 71.3 Å². The number of likely N-dealkylation sites (tertiary alicyclic amines) is 1. The maximum atomic E-state index is 13.2. The van der Waals surface area contributed by atoms with E-state index < -0.39 is 0 Å². The second kappa shape index (κ2) is 10.7. The molecule has 1 saturated carbocycles. The number of hydrogen-bond acceptors (Lipinski definition) is 7. The largest absolute Gasteiger partial charge is 0.493 e. The molecule has 9 heteroatoms. The molecule has 1 N–H and O–H groups in total. The SMILES string of the molecule is COc1ccc2cc1OCCn1cc(nn1)CO[C@H]1CN(CCC3CCCCC3)C[C@@H]1NC2=O. The molecule has 0 radical (unpaired) electrons. The average molecular weight is 470 g/mol. The number of nitrogens with zero attached hydrogens (tertiary/aromatic N) is 4. The summed E-state index contributed by atoms with van der Waals surface area (Å²) in [4.78, 5) is 15.6. The van der Waals surface area contributed by atoms with Gasteiger partial charge in [0.15, 0.2) is 11.5 Å². The van der Waals surface area contributed by atoms with Crippen LogP contribution >= 0.6 is 0 Å². The number of ether oxygens (including phenoxy) is 3. The van der Waals surface area contributed by atoms with Crippen molar-refractivity contribution >= 4 is 5.91 Å². The van der Waals surface area contributed by atoms with Crippen molar-refractivity contribution in [2.45, 2.75) is 63.8 Å². The highest BCUT2D eigenvalue weighted by Gasteiger charge is 2.35. The molecule has 2 atom stereocenters. The molecule has 4 bridgehead atoms. The fourth-order valence-electron chi connectivity index (χ4n) is 5.32. The summed E-state index contributed by atoms with van der Waals surface area (Å²) in [5, 5.41) is 11.6. The predicted molar refractivity (Wildman–Crippen MR) is 126 cm³/mol. The number of nitrogens with one attached hydrogen (secondary N) is 1. The summed E-state index contributed by atoms with van der Waals surface area (Å²) in [6.45, 7) is 3.93. The first-order valence-electron chi connectivity index (χ1n) is 12.5. The molecule has 3 heterocycles. The van der Waals surface area contributed by atoms with Crippen molar-refractivity contribution in [2.75, 3.05) is 33.4 Å². The summed E-state index contributed by atoms with van der Waals surface area (Å²) >= 11 is 0. The van der Waals surface area contributed by atoms with Crippen LogP contribution in [-0.2, 0) is 17.9 Å². The highest BCUT2D eigenvalue weighted by atomic mass is 16.5. The fraction of sp³-hybridized carbons (Fsp3) is 0.640. The highest BCUT2D eigenvalue weighted by Crippen LogP contribution is 2.29. The average Bonchev–Trinajstić information content (AvgIpc) is 3.48. The second-order valence-electron chi connectivity index (χ2n) is 9.67. The molecular weight excluding hydrogens is 434 g/mol. The lowest BCUT2D eigenvalue weighted by Crippen LogP contribution is -2.44. The number of amides is 1. The molecule has 184 valence electrons. The fourth-order valence-corrected chi connectivity index (χ4v) is 5.32. The predicted octanol–water partition coefficient (Wildman–Crippen LogP) is 2.65. The lowest BCUT2D eigenvalue weighted by atomic mass is 9.87. The van der Waals surface area contributed by atoms with E-state index in [-0.39, 0.29) is 18.1 Å². The summed E-state index contributed by atoms with van der Waals surface area (Å²) in [5.41, 5.74) is 1.33. The van der Waals surface area contributed by atoms with E-state index in [9.17, 15) is 4.79 Å². The van der Waals surface area contributed by atoms with Crippen molar-refractivity contribution in [2.24, 2.45) is 5.92 Å². The lowest BCUT2D eigenvalue weighted by molar-refractivity contribution is 0.0294. The van der Waals surface area contributed by atoms with Crippen molar-refractivity contribution in [1.29, 1.82) is 0 Å². The van der Waals surface area contributed by atoms with Crippen molar-refractivity contribution in [3.8, 4) is 11.5 Å². The molecule has 1 aromatic heterocycles. The zero-order valence-corrected chi connectivity index (χ0v) is 19.9. The number of rotatable bonds is 4. The van der Waals surface area contributed by atoms with Crippen LogP contribution in [0.15, 0.2) is 24.4 Å². The Kier molecular flexibility index (Phi) is 7.30. The van der Waals surface area contributed by atoms with E-state index in [4.69, 9.17) is 14.2 Å². The molecule has 0 unspecified atom stereocenters. The Morgan fingerprint density at radius 1 is 1.21 bits per heavy atom. The molecule has 1 aromatic carbocycles. The van der Waals surface area contributed by atoms with E-state index in [2.05, 4.69) is 20.5 Å². The third kappa shape index (κ3) is 5.52. The molecule has 2 aromatic rings. The number of aromatic nitrogens is 3. The molecule has 0 spiro atoms.